The molecular weight excluding hydrogens is 372 g/mol. The predicted molar refractivity (Wildman–Crippen MR) is 123 cm³/mol. The third-order valence-corrected chi connectivity index (χ3v) is 5.44. The first-order valence-corrected chi connectivity index (χ1v) is 10.9. The summed E-state index contributed by atoms with van der Waals surface area (Å²) >= 11 is 0. The second-order valence-electron chi connectivity index (χ2n) is 8.41. The number of anilines is 1. The Balaban J connectivity index is 1.68. The summed E-state index contributed by atoms with van der Waals surface area (Å²) in [6, 6.07) is 17.6. The van der Waals surface area contributed by atoms with Gasteiger partial charge in [-0.25, -0.2) is 0 Å². The van der Waals surface area contributed by atoms with E-state index >= 15 is 0 Å². The average molecular weight is 405 g/mol. The zero-order chi connectivity index (χ0) is 21.3. The summed E-state index contributed by atoms with van der Waals surface area (Å²) in [5.74, 6) is 0.157. The van der Waals surface area contributed by atoms with Crippen LogP contribution >= 0.6 is 0 Å². The monoisotopic (exact) mass is 404 g/mol. The molecule has 2 aromatic rings. The molecule has 2 aromatic carbocycles. The lowest BCUT2D eigenvalue weighted by Crippen LogP contribution is -2.46. The molecule has 0 fully saturated rings. The molecule has 1 N–H and O–H groups in total. The Morgan fingerprint density at radius 1 is 1.03 bits per heavy atom. The van der Waals surface area contributed by atoms with Crippen molar-refractivity contribution < 1.29 is 9.59 Å². The highest BCUT2D eigenvalue weighted by atomic mass is 16.2. The molecule has 0 unspecified atom stereocenters. The molecule has 1 aliphatic rings. The number of benzene rings is 2. The van der Waals surface area contributed by atoms with Crippen molar-refractivity contribution in [1.29, 1.82) is 0 Å². The summed E-state index contributed by atoms with van der Waals surface area (Å²) in [5.41, 5.74) is 3.42. The molecule has 4 nitrogen and oxygen atoms in total. The normalized spacial score (nSPS) is 15.0. The van der Waals surface area contributed by atoms with Gasteiger partial charge in [-0.05, 0) is 54.9 Å². The van der Waals surface area contributed by atoms with Gasteiger partial charge in [-0.1, -0.05) is 62.4 Å². The number of Topliss-reactive ketones (excluding diaryl/α,β-unsaturated/α-hetero) is 1. The van der Waals surface area contributed by atoms with Crippen LogP contribution in [0, 0.1) is 5.92 Å². The Bertz CT molecular complexity index is 874. The third-order valence-electron chi connectivity index (χ3n) is 5.44. The van der Waals surface area contributed by atoms with Crippen molar-refractivity contribution in [2.24, 2.45) is 5.92 Å². The van der Waals surface area contributed by atoms with Gasteiger partial charge in [0.2, 0.25) is 5.91 Å². The van der Waals surface area contributed by atoms with Gasteiger partial charge < -0.3 is 10.2 Å². The number of aryl methyl sites for hydroxylation is 1. The Labute approximate surface area is 180 Å². The van der Waals surface area contributed by atoms with Crippen LogP contribution in [0.2, 0.25) is 0 Å². The highest BCUT2D eigenvalue weighted by Gasteiger charge is 2.25. The van der Waals surface area contributed by atoms with Gasteiger partial charge in [0, 0.05) is 18.3 Å². The summed E-state index contributed by atoms with van der Waals surface area (Å²) < 4.78 is 0. The number of amides is 1. The van der Waals surface area contributed by atoms with Crippen molar-refractivity contribution in [2.45, 2.75) is 45.6 Å². The van der Waals surface area contributed by atoms with Crippen LogP contribution in [0.4, 0.5) is 5.69 Å². The second kappa shape index (κ2) is 10.8. The third kappa shape index (κ3) is 6.31. The first-order valence-electron chi connectivity index (χ1n) is 10.9. The summed E-state index contributed by atoms with van der Waals surface area (Å²) in [5, 5.41) is 2.95. The lowest BCUT2D eigenvalue weighted by molar-refractivity contribution is -0.125. The second-order valence-corrected chi connectivity index (χ2v) is 8.41. The highest BCUT2D eigenvalue weighted by Crippen LogP contribution is 2.26. The fourth-order valence-electron chi connectivity index (χ4n) is 3.93. The quantitative estimate of drug-likeness (QED) is 0.652. The van der Waals surface area contributed by atoms with Crippen molar-refractivity contribution in [1.82, 2.24) is 5.32 Å². The zero-order valence-corrected chi connectivity index (χ0v) is 18.0. The number of ketones is 1. The molecule has 1 aliphatic heterocycles. The molecule has 0 saturated heterocycles. The first-order chi connectivity index (χ1) is 14.5. The molecular formula is C26H32N2O2. The molecule has 3 rings (SSSR count). The van der Waals surface area contributed by atoms with Gasteiger partial charge in [0.25, 0.3) is 0 Å². The number of hydrogen-bond acceptors (Lipinski definition) is 3. The van der Waals surface area contributed by atoms with E-state index in [9.17, 15) is 9.59 Å². The molecule has 158 valence electrons. The van der Waals surface area contributed by atoms with Crippen LogP contribution in [0.25, 0.3) is 6.08 Å². The van der Waals surface area contributed by atoms with E-state index in [1.54, 1.807) is 6.08 Å². The van der Waals surface area contributed by atoms with Gasteiger partial charge in [-0.15, -0.1) is 0 Å². The van der Waals surface area contributed by atoms with E-state index in [2.05, 4.69) is 42.3 Å². The number of nitrogens with one attached hydrogen (secondary N) is 1. The number of carbonyl (C=O) groups is 2. The molecule has 0 saturated carbocycles. The molecule has 0 aliphatic carbocycles. The SMILES string of the molecule is CC(C)C[C@H](NC(=O)C=Cc1ccccc1)C(=O)CN1CCCCc2ccccc21. The van der Waals surface area contributed by atoms with E-state index in [1.807, 2.05) is 36.4 Å². The van der Waals surface area contributed by atoms with Crippen molar-refractivity contribution in [3.05, 3.63) is 71.8 Å². The van der Waals surface area contributed by atoms with Crippen molar-refractivity contribution in [3.63, 3.8) is 0 Å². The molecule has 0 aromatic heterocycles. The number of rotatable bonds is 8. The molecule has 4 heteroatoms. The number of para-hydroxylation sites is 1. The highest BCUT2D eigenvalue weighted by molar-refractivity contribution is 5.97. The summed E-state index contributed by atoms with van der Waals surface area (Å²) in [6.07, 6.45) is 7.19. The van der Waals surface area contributed by atoms with Crippen LogP contribution in [0.5, 0.6) is 0 Å². The van der Waals surface area contributed by atoms with Crippen molar-refractivity contribution >= 4 is 23.5 Å². The van der Waals surface area contributed by atoms with Gasteiger partial charge in [0.05, 0.1) is 12.6 Å². The Morgan fingerprint density at radius 2 is 1.77 bits per heavy atom. The lowest BCUT2D eigenvalue weighted by atomic mass is 9.99. The number of hydrogen-bond donors (Lipinski definition) is 1. The summed E-state index contributed by atoms with van der Waals surface area (Å²) in [6.45, 7) is 5.36. The number of carbonyl (C=O) groups excluding carboxylic acids is 2. The summed E-state index contributed by atoms with van der Waals surface area (Å²) in [4.78, 5) is 27.9. The molecule has 30 heavy (non-hydrogen) atoms. The minimum atomic E-state index is -0.478. The fraction of sp³-hybridized carbons (Fsp3) is 0.385. The van der Waals surface area contributed by atoms with Gasteiger partial charge in [0.15, 0.2) is 5.78 Å². The van der Waals surface area contributed by atoms with Gasteiger partial charge >= 0.3 is 0 Å². The Morgan fingerprint density at radius 3 is 2.53 bits per heavy atom. The number of nitrogens with zero attached hydrogens (tertiary/aromatic N) is 1. The van der Waals surface area contributed by atoms with Crippen LogP contribution in [0.3, 0.4) is 0 Å². The first kappa shape index (κ1) is 21.8. The summed E-state index contributed by atoms with van der Waals surface area (Å²) in [7, 11) is 0. The molecule has 0 bridgehead atoms. The minimum absolute atomic E-state index is 0.0712. The van der Waals surface area contributed by atoms with Crippen LogP contribution in [0.1, 0.15) is 44.2 Å². The molecule has 0 spiro atoms. The van der Waals surface area contributed by atoms with E-state index in [4.69, 9.17) is 0 Å². The molecule has 1 atom stereocenters. The Hall–Kier alpha value is -2.88. The van der Waals surface area contributed by atoms with Crippen LogP contribution in [-0.4, -0.2) is 30.8 Å². The van der Waals surface area contributed by atoms with Crippen LogP contribution in [-0.2, 0) is 16.0 Å². The zero-order valence-electron chi connectivity index (χ0n) is 18.0. The van der Waals surface area contributed by atoms with E-state index in [0.717, 1.165) is 37.1 Å². The molecule has 0 radical (unpaired) electrons. The Kier molecular flexibility index (Phi) is 7.83. The maximum absolute atomic E-state index is 13.2. The van der Waals surface area contributed by atoms with E-state index in [1.165, 1.54) is 11.6 Å². The smallest absolute Gasteiger partial charge is 0.244 e. The van der Waals surface area contributed by atoms with Gasteiger partial charge in [0.1, 0.15) is 0 Å². The van der Waals surface area contributed by atoms with E-state index in [-0.39, 0.29) is 11.7 Å². The molecule has 1 heterocycles. The standard InChI is InChI=1S/C26H32N2O2/c1-20(2)18-23(27-26(30)16-15-21-10-4-3-5-11-21)25(29)19-28-17-9-8-13-22-12-6-7-14-24(22)28/h3-7,10-12,14-16,20,23H,8-9,13,17-19H2,1-2H3,(H,27,30)/t23-/m0/s1. The van der Waals surface area contributed by atoms with Crippen molar-refractivity contribution in [3.8, 4) is 0 Å². The van der Waals surface area contributed by atoms with Gasteiger partial charge in [-0.2, -0.15) is 0 Å². The van der Waals surface area contributed by atoms with Crippen LogP contribution in [0.15, 0.2) is 60.7 Å². The topological polar surface area (TPSA) is 49.4 Å². The largest absolute Gasteiger partial charge is 0.364 e. The lowest BCUT2D eigenvalue weighted by Gasteiger charge is -2.27. The maximum atomic E-state index is 13.2. The number of fused-ring (bicyclic) bond motifs is 1. The maximum Gasteiger partial charge on any atom is 0.244 e. The van der Waals surface area contributed by atoms with E-state index < -0.39 is 6.04 Å². The predicted octanol–water partition coefficient (Wildman–Crippen LogP) is 4.64. The fourth-order valence-corrected chi connectivity index (χ4v) is 3.93. The van der Waals surface area contributed by atoms with Gasteiger partial charge in [-0.3, -0.25) is 9.59 Å². The average Bonchev–Trinajstić information content (AvgIpc) is 2.94. The minimum Gasteiger partial charge on any atom is -0.364 e. The van der Waals surface area contributed by atoms with Crippen LogP contribution < -0.4 is 10.2 Å². The van der Waals surface area contributed by atoms with E-state index in [0.29, 0.717) is 18.9 Å². The molecule has 1 amide bonds. The van der Waals surface area contributed by atoms with Crippen molar-refractivity contribution in [2.75, 3.05) is 18.0 Å².